The zero-order chi connectivity index (χ0) is 15.3. The SMILES string of the molecule is COc1cc(OC)c(N[C@H](C)C(=O)NC(N)=O)cc1Cl. The van der Waals surface area contributed by atoms with Crippen LogP contribution in [-0.2, 0) is 4.79 Å². The number of primary amides is 1. The lowest BCUT2D eigenvalue weighted by Gasteiger charge is -2.17. The van der Waals surface area contributed by atoms with Gasteiger partial charge in [-0.2, -0.15) is 0 Å². The number of hydrogen-bond donors (Lipinski definition) is 3. The molecule has 1 aromatic rings. The maximum absolute atomic E-state index is 11.6. The van der Waals surface area contributed by atoms with Gasteiger partial charge in [-0.1, -0.05) is 11.6 Å². The Labute approximate surface area is 121 Å². The number of imide groups is 1. The fourth-order valence-corrected chi connectivity index (χ4v) is 1.74. The van der Waals surface area contributed by atoms with Crippen molar-refractivity contribution in [2.24, 2.45) is 5.73 Å². The summed E-state index contributed by atoms with van der Waals surface area (Å²) in [6.07, 6.45) is 0. The van der Waals surface area contributed by atoms with E-state index >= 15 is 0 Å². The number of nitrogens with one attached hydrogen (secondary N) is 2. The normalized spacial score (nSPS) is 11.4. The lowest BCUT2D eigenvalue weighted by atomic mass is 10.2. The molecule has 0 aliphatic heterocycles. The fraction of sp³-hybridized carbons (Fsp3) is 0.333. The fourth-order valence-electron chi connectivity index (χ4n) is 1.50. The summed E-state index contributed by atoms with van der Waals surface area (Å²) in [7, 11) is 2.96. The lowest BCUT2D eigenvalue weighted by molar-refractivity contribution is -0.120. The van der Waals surface area contributed by atoms with E-state index in [1.54, 1.807) is 19.1 Å². The molecule has 0 aromatic heterocycles. The van der Waals surface area contributed by atoms with Crippen molar-refractivity contribution in [1.29, 1.82) is 0 Å². The Morgan fingerprint density at radius 2 is 1.85 bits per heavy atom. The zero-order valence-electron chi connectivity index (χ0n) is 11.3. The third kappa shape index (κ3) is 3.92. The molecule has 0 saturated heterocycles. The van der Waals surface area contributed by atoms with Crippen molar-refractivity contribution in [2.75, 3.05) is 19.5 Å². The van der Waals surface area contributed by atoms with Crippen molar-refractivity contribution in [1.82, 2.24) is 5.32 Å². The van der Waals surface area contributed by atoms with Gasteiger partial charge >= 0.3 is 6.03 Å². The number of amides is 3. The van der Waals surface area contributed by atoms with E-state index in [4.69, 9.17) is 26.8 Å². The molecule has 0 fully saturated rings. The number of rotatable bonds is 5. The van der Waals surface area contributed by atoms with E-state index in [1.165, 1.54) is 14.2 Å². The molecule has 0 heterocycles. The predicted molar refractivity (Wildman–Crippen MR) is 75.4 cm³/mol. The molecule has 7 nitrogen and oxygen atoms in total. The first-order valence-corrected chi connectivity index (χ1v) is 6.05. The minimum Gasteiger partial charge on any atom is -0.495 e. The molecule has 0 bridgehead atoms. The summed E-state index contributed by atoms with van der Waals surface area (Å²) in [4.78, 5) is 22.2. The maximum atomic E-state index is 11.6. The number of halogens is 1. The average molecular weight is 302 g/mol. The highest BCUT2D eigenvalue weighted by Gasteiger charge is 2.17. The molecule has 0 unspecified atom stereocenters. The molecule has 1 atom stereocenters. The Balaban J connectivity index is 2.94. The molecule has 0 aliphatic rings. The highest BCUT2D eigenvalue weighted by molar-refractivity contribution is 6.32. The molecule has 3 amide bonds. The molecular formula is C12H16ClN3O4. The van der Waals surface area contributed by atoms with Crippen molar-refractivity contribution in [3.05, 3.63) is 17.2 Å². The molecule has 0 spiro atoms. The van der Waals surface area contributed by atoms with Crippen LogP contribution in [0.1, 0.15) is 6.92 Å². The minimum atomic E-state index is -0.914. The van der Waals surface area contributed by atoms with E-state index in [2.05, 4.69) is 5.32 Å². The van der Waals surface area contributed by atoms with Gasteiger partial charge in [-0.05, 0) is 13.0 Å². The summed E-state index contributed by atoms with van der Waals surface area (Å²) < 4.78 is 10.2. The van der Waals surface area contributed by atoms with Gasteiger partial charge in [0, 0.05) is 6.07 Å². The van der Waals surface area contributed by atoms with Crippen molar-refractivity contribution in [2.45, 2.75) is 13.0 Å². The van der Waals surface area contributed by atoms with Crippen LogP contribution in [0.4, 0.5) is 10.5 Å². The first-order valence-electron chi connectivity index (χ1n) is 5.67. The molecule has 0 saturated carbocycles. The molecule has 8 heteroatoms. The van der Waals surface area contributed by atoms with Crippen LogP contribution in [0.2, 0.25) is 5.02 Å². The van der Waals surface area contributed by atoms with Crippen LogP contribution in [0.5, 0.6) is 11.5 Å². The van der Waals surface area contributed by atoms with Crippen molar-refractivity contribution in [3.8, 4) is 11.5 Å². The van der Waals surface area contributed by atoms with E-state index < -0.39 is 18.0 Å². The van der Waals surface area contributed by atoms with E-state index in [-0.39, 0.29) is 0 Å². The second-order valence-electron chi connectivity index (χ2n) is 3.91. The third-order valence-electron chi connectivity index (χ3n) is 2.49. The Morgan fingerprint density at radius 1 is 1.25 bits per heavy atom. The molecule has 1 aromatic carbocycles. The van der Waals surface area contributed by atoms with E-state index in [9.17, 15) is 9.59 Å². The second-order valence-corrected chi connectivity index (χ2v) is 4.31. The number of hydrogen-bond acceptors (Lipinski definition) is 5. The third-order valence-corrected chi connectivity index (χ3v) is 2.78. The summed E-state index contributed by atoms with van der Waals surface area (Å²) in [5.74, 6) is 0.333. The summed E-state index contributed by atoms with van der Waals surface area (Å²) >= 11 is 6.01. The summed E-state index contributed by atoms with van der Waals surface area (Å²) in [6.45, 7) is 1.57. The lowest BCUT2D eigenvalue weighted by Crippen LogP contribution is -2.43. The van der Waals surface area contributed by atoms with Crippen molar-refractivity contribution >= 4 is 29.2 Å². The van der Waals surface area contributed by atoms with Crippen LogP contribution in [0.25, 0.3) is 0 Å². The topological polar surface area (TPSA) is 103 Å². The van der Waals surface area contributed by atoms with Gasteiger partial charge in [0.15, 0.2) is 0 Å². The number of urea groups is 1. The highest BCUT2D eigenvalue weighted by atomic mass is 35.5. The summed E-state index contributed by atoms with van der Waals surface area (Å²) in [5.41, 5.74) is 5.37. The number of anilines is 1. The van der Waals surface area contributed by atoms with Gasteiger partial charge in [-0.15, -0.1) is 0 Å². The van der Waals surface area contributed by atoms with E-state index in [0.717, 1.165) is 0 Å². The average Bonchev–Trinajstić information content (AvgIpc) is 2.38. The van der Waals surface area contributed by atoms with Crippen LogP contribution >= 0.6 is 11.6 Å². The van der Waals surface area contributed by atoms with Gasteiger partial charge in [0.2, 0.25) is 5.91 Å². The van der Waals surface area contributed by atoms with Gasteiger partial charge in [-0.3, -0.25) is 10.1 Å². The first kappa shape index (κ1) is 15.9. The Hall–Kier alpha value is -2.15. The smallest absolute Gasteiger partial charge is 0.318 e. The highest BCUT2D eigenvalue weighted by Crippen LogP contribution is 2.36. The zero-order valence-corrected chi connectivity index (χ0v) is 12.1. The predicted octanol–water partition coefficient (Wildman–Crippen LogP) is 1.35. The quantitative estimate of drug-likeness (QED) is 0.762. The van der Waals surface area contributed by atoms with Gasteiger partial charge < -0.3 is 20.5 Å². The number of benzene rings is 1. The molecule has 0 aliphatic carbocycles. The number of ether oxygens (including phenoxy) is 2. The van der Waals surface area contributed by atoms with E-state index in [1.807, 2.05) is 5.32 Å². The number of methoxy groups -OCH3 is 2. The van der Waals surface area contributed by atoms with Crippen LogP contribution in [0.3, 0.4) is 0 Å². The second kappa shape index (κ2) is 6.85. The molecule has 20 heavy (non-hydrogen) atoms. The van der Waals surface area contributed by atoms with Gasteiger partial charge in [0.1, 0.15) is 17.5 Å². The largest absolute Gasteiger partial charge is 0.495 e. The number of carbonyl (C=O) groups is 2. The van der Waals surface area contributed by atoms with Crippen LogP contribution < -0.4 is 25.8 Å². The number of nitrogens with two attached hydrogens (primary N) is 1. The van der Waals surface area contributed by atoms with Gasteiger partial charge in [-0.25, -0.2) is 4.79 Å². The first-order chi connectivity index (χ1) is 9.38. The van der Waals surface area contributed by atoms with Crippen molar-refractivity contribution in [3.63, 3.8) is 0 Å². The Kier molecular flexibility index (Phi) is 5.45. The van der Waals surface area contributed by atoms with Crippen LogP contribution in [0, 0.1) is 0 Å². The number of carbonyl (C=O) groups excluding carboxylic acids is 2. The van der Waals surface area contributed by atoms with Crippen molar-refractivity contribution < 1.29 is 19.1 Å². The van der Waals surface area contributed by atoms with Gasteiger partial charge in [0.05, 0.1) is 24.9 Å². The monoisotopic (exact) mass is 301 g/mol. The Morgan fingerprint density at radius 3 is 2.35 bits per heavy atom. The molecule has 1 rings (SSSR count). The molecule has 110 valence electrons. The standard InChI is InChI=1S/C12H16ClN3O4/c1-6(11(17)16-12(14)18)15-8-4-7(13)9(19-2)5-10(8)20-3/h4-6,15H,1-3H3,(H3,14,16,17,18)/t6-/m1/s1. The molecule has 4 N–H and O–H groups in total. The van der Waals surface area contributed by atoms with Gasteiger partial charge in [0.25, 0.3) is 0 Å². The van der Waals surface area contributed by atoms with Crippen LogP contribution in [-0.4, -0.2) is 32.2 Å². The van der Waals surface area contributed by atoms with Crippen LogP contribution in [0.15, 0.2) is 12.1 Å². The molecular weight excluding hydrogens is 286 g/mol. The summed E-state index contributed by atoms with van der Waals surface area (Å²) in [6, 6.07) is 1.53. The molecule has 0 radical (unpaired) electrons. The summed E-state index contributed by atoms with van der Waals surface area (Å²) in [5, 5.41) is 5.21. The van der Waals surface area contributed by atoms with E-state index in [0.29, 0.717) is 22.2 Å². The maximum Gasteiger partial charge on any atom is 0.318 e. The minimum absolute atomic E-state index is 0.360. The Bertz CT molecular complexity index is 522.